The quantitative estimate of drug-likeness (QED) is 0.597. The van der Waals surface area contributed by atoms with Gasteiger partial charge in [-0.1, -0.05) is 58.8 Å². The van der Waals surface area contributed by atoms with E-state index in [1.54, 1.807) is 0 Å². The van der Waals surface area contributed by atoms with Crippen LogP contribution in [-0.2, 0) is 0 Å². The van der Waals surface area contributed by atoms with Crippen LogP contribution in [0.4, 0.5) is 0 Å². The second-order valence-electron chi connectivity index (χ2n) is 6.19. The number of nitrogens with zero attached hydrogens (tertiary/aromatic N) is 1. The fraction of sp³-hybridized carbons (Fsp3) is 1.00. The summed E-state index contributed by atoms with van der Waals surface area (Å²) in [6, 6.07) is 0.733. The lowest BCUT2D eigenvalue weighted by Gasteiger charge is -2.23. The maximum absolute atomic E-state index is 3.65. The van der Waals surface area contributed by atoms with Crippen molar-refractivity contribution in [2.75, 3.05) is 26.2 Å². The van der Waals surface area contributed by atoms with Crippen LogP contribution in [0.3, 0.4) is 0 Å². The van der Waals surface area contributed by atoms with Gasteiger partial charge in [-0.25, -0.2) is 0 Å². The van der Waals surface area contributed by atoms with Crippen LogP contribution < -0.4 is 5.32 Å². The van der Waals surface area contributed by atoms with Crippen molar-refractivity contribution >= 4 is 0 Å². The maximum atomic E-state index is 3.65. The van der Waals surface area contributed by atoms with Crippen molar-refractivity contribution in [2.45, 2.75) is 84.1 Å². The Hall–Kier alpha value is -0.0800. The summed E-state index contributed by atoms with van der Waals surface area (Å²) >= 11 is 0. The van der Waals surface area contributed by atoms with Gasteiger partial charge in [-0.05, 0) is 38.9 Å². The zero-order valence-corrected chi connectivity index (χ0v) is 13.4. The van der Waals surface area contributed by atoms with Gasteiger partial charge >= 0.3 is 0 Å². The lowest BCUT2D eigenvalue weighted by Crippen LogP contribution is -2.37. The van der Waals surface area contributed by atoms with Gasteiger partial charge < -0.3 is 10.2 Å². The van der Waals surface area contributed by atoms with Gasteiger partial charge in [-0.3, -0.25) is 0 Å². The largest absolute Gasteiger partial charge is 0.313 e. The molecule has 0 aromatic rings. The third-order valence-electron chi connectivity index (χ3n) is 4.38. The molecule has 1 heterocycles. The van der Waals surface area contributed by atoms with Gasteiger partial charge in [0.05, 0.1) is 0 Å². The molecule has 1 unspecified atom stereocenters. The monoisotopic (exact) mass is 268 g/mol. The smallest absolute Gasteiger partial charge is 0.0192 e. The topological polar surface area (TPSA) is 15.3 Å². The van der Waals surface area contributed by atoms with Crippen LogP contribution in [0.25, 0.3) is 0 Å². The Morgan fingerprint density at radius 2 is 1.63 bits per heavy atom. The number of unbranched alkanes of at least 4 members (excludes halogenated alkanes) is 7. The highest BCUT2D eigenvalue weighted by Gasteiger charge is 2.15. The van der Waals surface area contributed by atoms with Gasteiger partial charge in [0.25, 0.3) is 0 Å². The molecule has 0 spiro atoms. The lowest BCUT2D eigenvalue weighted by molar-refractivity contribution is 0.259. The first-order valence-electron chi connectivity index (χ1n) is 8.82. The molecule has 0 aromatic carbocycles. The molecule has 1 rings (SSSR count). The molecule has 1 atom stereocenters. The summed E-state index contributed by atoms with van der Waals surface area (Å²) in [7, 11) is 0. The van der Waals surface area contributed by atoms with E-state index in [4.69, 9.17) is 0 Å². The Morgan fingerprint density at radius 3 is 2.32 bits per heavy atom. The summed E-state index contributed by atoms with van der Waals surface area (Å²) in [4.78, 5) is 2.69. The highest BCUT2D eigenvalue weighted by Crippen LogP contribution is 2.10. The fourth-order valence-corrected chi connectivity index (χ4v) is 3.02. The van der Waals surface area contributed by atoms with E-state index in [0.717, 1.165) is 6.04 Å². The standard InChI is InChI=1S/C17H36N2/c1-3-5-6-7-8-9-10-11-14-19-15-12-13-18-17(4-2)16-19/h17-18H,3-16H2,1-2H3. The minimum Gasteiger partial charge on any atom is -0.313 e. The van der Waals surface area contributed by atoms with Crippen molar-refractivity contribution in [1.82, 2.24) is 10.2 Å². The van der Waals surface area contributed by atoms with Gasteiger partial charge in [-0.15, -0.1) is 0 Å². The first-order chi connectivity index (χ1) is 9.36. The average molecular weight is 268 g/mol. The van der Waals surface area contributed by atoms with E-state index in [2.05, 4.69) is 24.1 Å². The van der Waals surface area contributed by atoms with Crippen molar-refractivity contribution in [1.29, 1.82) is 0 Å². The van der Waals surface area contributed by atoms with Gasteiger partial charge in [0.15, 0.2) is 0 Å². The molecule has 1 fully saturated rings. The minimum atomic E-state index is 0.733. The predicted molar refractivity (Wildman–Crippen MR) is 85.7 cm³/mol. The number of hydrogen-bond donors (Lipinski definition) is 1. The van der Waals surface area contributed by atoms with E-state index >= 15 is 0 Å². The molecule has 0 saturated carbocycles. The molecular weight excluding hydrogens is 232 g/mol. The third-order valence-corrected chi connectivity index (χ3v) is 4.38. The van der Waals surface area contributed by atoms with Crippen LogP contribution in [0, 0.1) is 0 Å². The maximum Gasteiger partial charge on any atom is 0.0192 e. The Bertz CT molecular complexity index is 194. The summed E-state index contributed by atoms with van der Waals surface area (Å²) in [5.74, 6) is 0. The van der Waals surface area contributed by atoms with Gasteiger partial charge in [-0.2, -0.15) is 0 Å². The summed E-state index contributed by atoms with van der Waals surface area (Å²) in [5, 5.41) is 3.65. The Labute approximate surface area is 121 Å². The van der Waals surface area contributed by atoms with Crippen molar-refractivity contribution in [3.05, 3.63) is 0 Å². The number of hydrogen-bond acceptors (Lipinski definition) is 2. The summed E-state index contributed by atoms with van der Waals surface area (Å²) in [6.07, 6.45) is 14.1. The van der Waals surface area contributed by atoms with E-state index < -0.39 is 0 Å². The molecule has 1 N–H and O–H groups in total. The van der Waals surface area contributed by atoms with Crippen molar-refractivity contribution in [3.8, 4) is 0 Å². The second-order valence-corrected chi connectivity index (χ2v) is 6.19. The summed E-state index contributed by atoms with van der Waals surface area (Å²) in [6.45, 7) is 9.71. The second kappa shape index (κ2) is 11.7. The van der Waals surface area contributed by atoms with Gasteiger partial charge in [0.2, 0.25) is 0 Å². The van der Waals surface area contributed by atoms with Crippen LogP contribution in [-0.4, -0.2) is 37.1 Å². The molecular formula is C17H36N2. The Morgan fingerprint density at radius 1 is 0.947 bits per heavy atom. The average Bonchev–Trinajstić information content (AvgIpc) is 2.67. The summed E-state index contributed by atoms with van der Waals surface area (Å²) in [5.41, 5.74) is 0. The molecule has 0 amide bonds. The van der Waals surface area contributed by atoms with Crippen LogP contribution in [0.15, 0.2) is 0 Å². The Kier molecular flexibility index (Phi) is 10.5. The van der Waals surface area contributed by atoms with Gasteiger partial charge in [0, 0.05) is 12.6 Å². The first kappa shape index (κ1) is 17.0. The molecule has 0 radical (unpaired) electrons. The normalized spacial score (nSPS) is 21.5. The SMILES string of the molecule is CCCCCCCCCCN1CCCNC(CC)C1. The molecule has 1 aliphatic heterocycles. The molecule has 1 aliphatic rings. The van der Waals surface area contributed by atoms with Crippen molar-refractivity contribution < 1.29 is 0 Å². The van der Waals surface area contributed by atoms with E-state index in [0.29, 0.717) is 0 Å². The molecule has 0 bridgehead atoms. The molecule has 2 heteroatoms. The lowest BCUT2D eigenvalue weighted by atomic mass is 10.1. The predicted octanol–water partition coefficient (Wildman–Crippen LogP) is 4.20. The van der Waals surface area contributed by atoms with Crippen LogP contribution in [0.5, 0.6) is 0 Å². The molecule has 2 nitrogen and oxygen atoms in total. The zero-order chi connectivity index (χ0) is 13.8. The minimum absolute atomic E-state index is 0.733. The third kappa shape index (κ3) is 8.65. The van der Waals surface area contributed by atoms with Crippen molar-refractivity contribution in [3.63, 3.8) is 0 Å². The van der Waals surface area contributed by atoms with E-state index in [9.17, 15) is 0 Å². The highest BCUT2D eigenvalue weighted by molar-refractivity contribution is 4.75. The summed E-state index contributed by atoms with van der Waals surface area (Å²) < 4.78 is 0. The van der Waals surface area contributed by atoms with E-state index in [-0.39, 0.29) is 0 Å². The molecule has 114 valence electrons. The highest BCUT2D eigenvalue weighted by atomic mass is 15.2. The van der Waals surface area contributed by atoms with Crippen LogP contribution >= 0.6 is 0 Å². The zero-order valence-electron chi connectivity index (χ0n) is 13.4. The van der Waals surface area contributed by atoms with Crippen molar-refractivity contribution in [2.24, 2.45) is 0 Å². The fourth-order valence-electron chi connectivity index (χ4n) is 3.02. The molecule has 1 saturated heterocycles. The van der Waals surface area contributed by atoms with E-state index in [1.165, 1.54) is 90.4 Å². The van der Waals surface area contributed by atoms with Gasteiger partial charge in [0.1, 0.15) is 0 Å². The first-order valence-corrected chi connectivity index (χ1v) is 8.82. The molecule has 0 aliphatic carbocycles. The van der Waals surface area contributed by atoms with E-state index in [1.807, 2.05) is 0 Å². The number of nitrogens with one attached hydrogen (secondary N) is 1. The molecule has 0 aromatic heterocycles. The van der Waals surface area contributed by atoms with Crippen LogP contribution in [0.2, 0.25) is 0 Å². The van der Waals surface area contributed by atoms with Crippen LogP contribution in [0.1, 0.15) is 78.1 Å². The number of rotatable bonds is 10. The Balaban J connectivity index is 1.95. The molecule has 19 heavy (non-hydrogen) atoms.